The summed E-state index contributed by atoms with van der Waals surface area (Å²) >= 11 is 0. The van der Waals surface area contributed by atoms with Crippen molar-refractivity contribution in [2.24, 2.45) is 0 Å². The Bertz CT molecular complexity index is 1250. The van der Waals surface area contributed by atoms with E-state index >= 15 is 0 Å². The molecule has 0 saturated carbocycles. The summed E-state index contributed by atoms with van der Waals surface area (Å²) in [5, 5.41) is 10.0. The molecule has 1 unspecified atom stereocenters. The zero-order chi connectivity index (χ0) is 23.9. The van der Waals surface area contributed by atoms with Crippen molar-refractivity contribution in [2.75, 3.05) is 26.3 Å². The lowest BCUT2D eigenvalue weighted by molar-refractivity contribution is -0.118. The zero-order valence-corrected chi connectivity index (χ0v) is 19.1. The van der Waals surface area contributed by atoms with Crippen LogP contribution in [0.4, 0.5) is 0 Å². The first kappa shape index (κ1) is 23.4. The number of aromatic nitrogens is 2. The number of carbonyl (C=O) groups excluding carboxylic acids is 1. The third-order valence-electron chi connectivity index (χ3n) is 5.89. The molecular formula is C27H27N3O4. The van der Waals surface area contributed by atoms with Crippen LogP contribution in [-0.2, 0) is 22.5 Å². The Labute approximate surface area is 198 Å². The first-order valence-electron chi connectivity index (χ1n) is 11.3. The molecule has 2 aromatic carbocycles. The molecule has 0 amide bonds. The smallest absolute Gasteiger partial charge is 0.293 e. The number of nitrogens with one attached hydrogen (secondary N) is 1. The van der Waals surface area contributed by atoms with Crippen LogP contribution in [0.5, 0.6) is 5.75 Å². The monoisotopic (exact) mass is 457 g/mol. The van der Waals surface area contributed by atoms with Gasteiger partial charge in [-0.1, -0.05) is 36.1 Å². The van der Waals surface area contributed by atoms with Crippen molar-refractivity contribution in [3.05, 3.63) is 93.2 Å². The molecule has 1 atom stereocenters. The van der Waals surface area contributed by atoms with Gasteiger partial charge in [0.2, 0.25) is 5.75 Å². The Morgan fingerprint density at radius 3 is 2.24 bits per heavy atom. The molecule has 0 radical (unpaired) electrons. The summed E-state index contributed by atoms with van der Waals surface area (Å²) in [6, 6.07) is 15.9. The van der Waals surface area contributed by atoms with Crippen LogP contribution < -0.4 is 5.56 Å². The lowest BCUT2D eigenvalue weighted by Crippen LogP contribution is -2.35. The molecule has 1 aliphatic heterocycles. The van der Waals surface area contributed by atoms with Crippen LogP contribution in [0.15, 0.2) is 59.7 Å². The molecule has 1 saturated heterocycles. The topological polar surface area (TPSA) is 95.5 Å². The molecule has 2 N–H and O–H groups in total. The highest BCUT2D eigenvalue weighted by Crippen LogP contribution is 2.25. The van der Waals surface area contributed by atoms with E-state index in [0.29, 0.717) is 6.42 Å². The zero-order valence-electron chi connectivity index (χ0n) is 19.1. The van der Waals surface area contributed by atoms with Gasteiger partial charge in [-0.15, -0.1) is 0 Å². The largest absolute Gasteiger partial charge is 0.502 e. The highest BCUT2D eigenvalue weighted by atomic mass is 16.5. The van der Waals surface area contributed by atoms with E-state index in [9.17, 15) is 14.7 Å². The first-order valence-corrected chi connectivity index (χ1v) is 11.3. The summed E-state index contributed by atoms with van der Waals surface area (Å²) in [4.78, 5) is 32.6. The van der Waals surface area contributed by atoms with Crippen LogP contribution in [-0.4, -0.2) is 52.1 Å². The Morgan fingerprint density at radius 1 is 1.06 bits per heavy atom. The number of aromatic amines is 1. The van der Waals surface area contributed by atoms with E-state index in [2.05, 4.69) is 38.8 Å². The Kier molecular flexibility index (Phi) is 7.53. The molecule has 0 spiro atoms. The number of rotatable bonds is 6. The molecule has 0 bridgehead atoms. The van der Waals surface area contributed by atoms with Crippen molar-refractivity contribution in [3.8, 4) is 17.6 Å². The van der Waals surface area contributed by atoms with Crippen molar-refractivity contribution >= 4 is 5.78 Å². The number of Topliss-reactive ketones (excluding diaryl/α,β-unsaturated/α-hetero) is 1. The van der Waals surface area contributed by atoms with Gasteiger partial charge in [-0.25, -0.2) is 4.98 Å². The second kappa shape index (κ2) is 10.9. The first-order chi connectivity index (χ1) is 16.5. The van der Waals surface area contributed by atoms with Gasteiger partial charge in [0.05, 0.1) is 25.5 Å². The Balaban J connectivity index is 1.40. The summed E-state index contributed by atoms with van der Waals surface area (Å²) in [6.07, 6.45) is 1.53. The number of ether oxygens (including phenoxy) is 1. The molecule has 0 aliphatic carbocycles. The fraction of sp³-hybridized carbons (Fsp3) is 0.296. The third-order valence-corrected chi connectivity index (χ3v) is 5.89. The number of benzene rings is 2. The molecule has 4 rings (SSSR count). The number of nitrogens with zero attached hydrogens (tertiary/aromatic N) is 2. The van der Waals surface area contributed by atoms with E-state index in [0.717, 1.165) is 49.5 Å². The third kappa shape index (κ3) is 5.98. The lowest BCUT2D eigenvalue weighted by Gasteiger charge is -2.26. The molecule has 2 heterocycles. The van der Waals surface area contributed by atoms with E-state index in [1.54, 1.807) is 0 Å². The number of ketones is 1. The number of hydrogen-bond acceptors (Lipinski definition) is 6. The molecule has 1 aliphatic rings. The summed E-state index contributed by atoms with van der Waals surface area (Å²) < 4.78 is 5.40. The van der Waals surface area contributed by atoms with Gasteiger partial charge in [-0.2, -0.15) is 0 Å². The molecule has 7 heteroatoms. The molecule has 7 nitrogen and oxygen atoms in total. The van der Waals surface area contributed by atoms with E-state index in [1.807, 2.05) is 36.4 Å². The van der Waals surface area contributed by atoms with Gasteiger partial charge in [-0.3, -0.25) is 14.5 Å². The number of aromatic hydroxyl groups is 1. The summed E-state index contributed by atoms with van der Waals surface area (Å²) in [6.45, 7) is 5.87. The van der Waals surface area contributed by atoms with Gasteiger partial charge in [0.15, 0.2) is 0 Å². The van der Waals surface area contributed by atoms with Crippen LogP contribution in [0.1, 0.15) is 40.8 Å². The van der Waals surface area contributed by atoms with Crippen molar-refractivity contribution in [2.45, 2.75) is 25.8 Å². The molecule has 1 aromatic heterocycles. The second-order valence-electron chi connectivity index (χ2n) is 8.37. The maximum absolute atomic E-state index is 12.2. The van der Waals surface area contributed by atoms with Crippen LogP contribution in [0, 0.1) is 11.8 Å². The highest BCUT2D eigenvalue weighted by molar-refractivity contribution is 5.83. The van der Waals surface area contributed by atoms with Crippen molar-refractivity contribution in [1.29, 1.82) is 0 Å². The predicted molar refractivity (Wildman–Crippen MR) is 129 cm³/mol. The molecule has 174 valence electrons. The van der Waals surface area contributed by atoms with E-state index in [1.165, 1.54) is 18.8 Å². The number of hydrogen-bond donors (Lipinski definition) is 2. The number of H-pyrrole nitrogens is 1. The molecule has 3 aromatic rings. The van der Waals surface area contributed by atoms with Crippen molar-refractivity contribution in [1.82, 2.24) is 14.9 Å². The van der Waals surface area contributed by atoms with E-state index in [4.69, 9.17) is 4.74 Å². The van der Waals surface area contributed by atoms with Gasteiger partial charge in [-0.05, 0) is 48.7 Å². The fourth-order valence-electron chi connectivity index (χ4n) is 3.91. The van der Waals surface area contributed by atoms with Gasteiger partial charge in [0.1, 0.15) is 11.5 Å². The van der Waals surface area contributed by atoms with E-state index < -0.39 is 17.2 Å². The van der Waals surface area contributed by atoms with Gasteiger partial charge < -0.3 is 14.8 Å². The minimum absolute atomic E-state index is 0.0946. The average molecular weight is 458 g/mol. The SMILES string of the molecule is CC(=O)C(Cc1ccc(C#Cc2ccc(CN3CCOCC3)cc2)cc1)c1nc[nH]c(=O)c1O. The molecule has 1 fully saturated rings. The maximum Gasteiger partial charge on any atom is 0.293 e. The molecule has 34 heavy (non-hydrogen) atoms. The Morgan fingerprint density at radius 2 is 1.65 bits per heavy atom. The van der Waals surface area contributed by atoms with Crippen LogP contribution in [0.25, 0.3) is 0 Å². The normalized spacial score (nSPS) is 14.7. The molecular weight excluding hydrogens is 430 g/mol. The van der Waals surface area contributed by atoms with Crippen LogP contribution >= 0.6 is 0 Å². The minimum atomic E-state index is -0.699. The predicted octanol–water partition coefficient (Wildman–Crippen LogP) is 2.62. The van der Waals surface area contributed by atoms with E-state index in [-0.39, 0.29) is 11.5 Å². The van der Waals surface area contributed by atoms with Gasteiger partial charge in [0.25, 0.3) is 5.56 Å². The summed E-state index contributed by atoms with van der Waals surface area (Å²) in [5.74, 6) is 4.98. The highest BCUT2D eigenvalue weighted by Gasteiger charge is 2.23. The number of morpholine rings is 1. The quantitative estimate of drug-likeness (QED) is 0.553. The van der Waals surface area contributed by atoms with Crippen molar-refractivity contribution < 1.29 is 14.6 Å². The fourth-order valence-corrected chi connectivity index (χ4v) is 3.91. The summed E-state index contributed by atoms with van der Waals surface area (Å²) in [7, 11) is 0. The van der Waals surface area contributed by atoms with Gasteiger partial charge >= 0.3 is 0 Å². The average Bonchev–Trinajstić information content (AvgIpc) is 2.85. The Hall–Kier alpha value is -3.73. The van der Waals surface area contributed by atoms with Crippen molar-refractivity contribution in [3.63, 3.8) is 0 Å². The maximum atomic E-state index is 12.2. The van der Waals surface area contributed by atoms with Crippen LogP contribution in [0.2, 0.25) is 0 Å². The standard InChI is InChI=1S/C27H27N3O4/c1-19(31)24(25-26(32)27(33)29-18-28-25)16-22-8-4-20(5-9-22)2-3-21-6-10-23(11-7-21)17-30-12-14-34-15-13-30/h4-11,18,24,32H,12-17H2,1H3,(H,28,29,33). The van der Waals surface area contributed by atoms with Crippen LogP contribution in [0.3, 0.4) is 0 Å². The second-order valence-corrected chi connectivity index (χ2v) is 8.37. The minimum Gasteiger partial charge on any atom is -0.502 e. The lowest BCUT2D eigenvalue weighted by atomic mass is 9.92. The summed E-state index contributed by atoms with van der Waals surface area (Å²) in [5.41, 5.74) is 3.39. The van der Waals surface area contributed by atoms with Gasteiger partial charge in [0, 0.05) is 30.8 Å². The number of carbonyl (C=O) groups is 1.